The van der Waals surface area contributed by atoms with Gasteiger partial charge in [-0.1, -0.05) is 0 Å². The first-order chi connectivity index (χ1) is 12.7. The van der Waals surface area contributed by atoms with Crippen LogP contribution in [0.2, 0.25) is 0 Å². The molecule has 1 heterocycles. The minimum absolute atomic E-state index is 0.111. The van der Waals surface area contributed by atoms with Gasteiger partial charge in [-0.15, -0.1) is 0 Å². The Morgan fingerprint density at radius 2 is 1.74 bits per heavy atom. The summed E-state index contributed by atoms with van der Waals surface area (Å²) in [6.45, 7) is 4.34. The smallest absolute Gasteiger partial charge is 0.414 e. The third-order valence-electron chi connectivity index (χ3n) is 3.79. The van der Waals surface area contributed by atoms with Crippen LogP contribution < -0.4 is 14.8 Å². The van der Waals surface area contributed by atoms with E-state index in [1.54, 1.807) is 25.1 Å². The van der Waals surface area contributed by atoms with E-state index in [-0.39, 0.29) is 12.5 Å². The second kappa shape index (κ2) is 7.98. The van der Waals surface area contributed by atoms with Crippen molar-refractivity contribution in [2.24, 2.45) is 0 Å². The predicted octanol–water partition coefficient (Wildman–Crippen LogP) is 2.00. The topological polar surface area (TPSA) is 109 Å². The van der Waals surface area contributed by atoms with Crippen LogP contribution >= 0.6 is 0 Å². The first-order valence-electron chi connectivity index (χ1n) is 8.09. The number of hydrogen-bond donors (Lipinski definition) is 1. The molecule has 1 aromatic carbocycles. The molecule has 0 saturated heterocycles. The van der Waals surface area contributed by atoms with Gasteiger partial charge in [0.05, 0.1) is 20.8 Å². The Bertz CT molecular complexity index is 778. The first-order valence-corrected chi connectivity index (χ1v) is 8.09. The van der Waals surface area contributed by atoms with Crippen molar-refractivity contribution < 1.29 is 38.1 Å². The van der Waals surface area contributed by atoms with Gasteiger partial charge in [0.2, 0.25) is 11.6 Å². The molecular weight excluding hydrogens is 358 g/mol. The number of methoxy groups -OCH3 is 2. The lowest BCUT2D eigenvalue weighted by molar-refractivity contribution is -0.142. The van der Waals surface area contributed by atoms with Crippen molar-refractivity contribution in [1.29, 1.82) is 0 Å². The number of nitrogens with one attached hydrogen (secondary N) is 1. The Labute approximate surface area is 156 Å². The van der Waals surface area contributed by atoms with E-state index in [9.17, 15) is 14.4 Å². The van der Waals surface area contributed by atoms with E-state index in [0.29, 0.717) is 17.1 Å². The van der Waals surface area contributed by atoms with Crippen LogP contribution in [0.15, 0.2) is 29.8 Å². The Balaban J connectivity index is 2.46. The van der Waals surface area contributed by atoms with Crippen molar-refractivity contribution in [2.45, 2.75) is 26.4 Å². The Kier molecular flexibility index (Phi) is 5.94. The van der Waals surface area contributed by atoms with E-state index >= 15 is 0 Å². The van der Waals surface area contributed by atoms with Crippen molar-refractivity contribution in [3.8, 4) is 11.5 Å². The van der Waals surface area contributed by atoms with Crippen LogP contribution in [0.5, 0.6) is 11.5 Å². The van der Waals surface area contributed by atoms with E-state index in [4.69, 9.17) is 23.7 Å². The van der Waals surface area contributed by atoms with E-state index in [0.717, 1.165) is 6.92 Å². The lowest BCUT2D eigenvalue weighted by Gasteiger charge is -2.24. The van der Waals surface area contributed by atoms with Crippen LogP contribution in [0, 0.1) is 0 Å². The molecule has 1 aliphatic heterocycles. The van der Waals surface area contributed by atoms with Crippen molar-refractivity contribution >= 4 is 17.8 Å². The van der Waals surface area contributed by atoms with Crippen LogP contribution in [0.4, 0.5) is 4.79 Å². The van der Waals surface area contributed by atoms with Gasteiger partial charge in [0.1, 0.15) is 11.5 Å². The zero-order valence-electron chi connectivity index (χ0n) is 15.7. The molecule has 146 valence electrons. The Morgan fingerprint density at radius 3 is 2.22 bits per heavy atom. The van der Waals surface area contributed by atoms with Crippen molar-refractivity contribution in [3.05, 3.63) is 35.4 Å². The molecule has 9 nitrogen and oxygen atoms in total. The highest BCUT2D eigenvalue weighted by atomic mass is 16.6. The normalized spacial score (nSPS) is 18.6. The molecule has 0 bridgehead atoms. The molecule has 0 spiro atoms. The van der Waals surface area contributed by atoms with Gasteiger partial charge in [-0.25, -0.2) is 4.79 Å². The summed E-state index contributed by atoms with van der Waals surface area (Å²) in [6, 6.07) is 4.79. The summed E-state index contributed by atoms with van der Waals surface area (Å²) >= 11 is 0. The summed E-state index contributed by atoms with van der Waals surface area (Å²) in [5.74, 6) is -1.25. The monoisotopic (exact) mass is 379 g/mol. The second-order valence-corrected chi connectivity index (χ2v) is 5.66. The third kappa shape index (κ3) is 4.13. The van der Waals surface area contributed by atoms with Gasteiger partial charge in [0, 0.05) is 18.6 Å². The molecule has 1 N–H and O–H groups in total. The number of benzene rings is 1. The SMILES string of the molecule is CCOC(=O)NC1=C(OC(C)=O)C(=O)C(C)(c2cc(OC)cc(OC)c2)O1. The molecule has 1 atom stereocenters. The molecule has 1 unspecified atom stereocenters. The lowest BCUT2D eigenvalue weighted by Crippen LogP contribution is -2.32. The van der Waals surface area contributed by atoms with E-state index in [1.165, 1.54) is 21.1 Å². The van der Waals surface area contributed by atoms with Gasteiger partial charge in [-0.05, 0) is 26.0 Å². The first kappa shape index (κ1) is 20.1. The lowest BCUT2D eigenvalue weighted by atomic mass is 9.91. The fraction of sp³-hybridized carbons (Fsp3) is 0.389. The maximum absolute atomic E-state index is 13.0. The second-order valence-electron chi connectivity index (χ2n) is 5.66. The third-order valence-corrected chi connectivity index (χ3v) is 3.79. The molecule has 1 amide bonds. The van der Waals surface area contributed by atoms with Gasteiger partial charge in [0.25, 0.3) is 5.78 Å². The molecular formula is C18H21NO8. The van der Waals surface area contributed by atoms with Crippen molar-refractivity contribution in [2.75, 3.05) is 20.8 Å². The number of alkyl carbamates (subject to hydrolysis) is 1. The zero-order valence-corrected chi connectivity index (χ0v) is 15.7. The Morgan fingerprint density at radius 1 is 1.15 bits per heavy atom. The van der Waals surface area contributed by atoms with Gasteiger partial charge in [-0.3, -0.25) is 14.9 Å². The largest absolute Gasteiger partial charge is 0.497 e. The molecule has 0 radical (unpaired) electrons. The van der Waals surface area contributed by atoms with Crippen LogP contribution in [0.1, 0.15) is 26.3 Å². The summed E-state index contributed by atoms with van der Waals surface area (Å²) in [7, 11) is 2.93. The molecule has 9 heteroatoms. The van der Waals surface area contributed by atoms with Crippen LogP contribution in [0.25, 0.3) is 0 Å². The van der Waals surface area contributed by atoms with E-state index in [2.05, 4.69) is 5.32 Å². The number of Topliss-reactive ketones (excluding diaryl/α,β-unsaturated/α-hetero) is 1. The molecule has 0 aromatic heterocycles. The maximum Gasteiger partial charge on any atom is 0.414 e. The van der Waals surface area contributed by atoms with E-state index in [1.807, 2.05) is 0 Å². The molecule has 0 saturated carbocycles. The summed E-state index contributed by atoms with van der Waals surface area (Å²) in [5.41, 5.74) is -1.20. The average molecular weight is 379 g/mol. The summed E-state index contributed by atoms with van der Waals surface area (Å²) < 4.78 is 25.9. The number of carbonyl (C=O) groups excluding carboxylic acids is 3. The summed E-state index contributed by atoms with van der Waals surface area (Å²) in [5, 5.41) is 2.28. The van der Waals surface area contributed by atoms with Crippen LogP contribution in [0.3, 0.4) is 0 Å². The highest BCUT2D eigenvalue weighted by molar-refractivity contribution is 6.04. The number of rotatable bonds is 6. The maximum atomic E-state index is 13.0. The fourth-order valence-corrected chi connectivity index (χ4v) is 2.47. The predicted molar refractivity (Wildman–Crippen MR) is 91.9 cm³/mol. The standard InChI is InChI=1S/C18H21NO8/c1-6-25-17(22)19-16-14(26-10(2)20)15(21)18(3,27-16)11-7-12(23-4)9-13(8-11)24-5/h7-9H,6H2,1-5H3,(H,19,22). The molecule has 27 heavy (non-hydrogen) atoms. The molecule has 0 fully saturated rings. The number of carbonyl (C=O) groups is 3. The van der Waals surface area contributed by atoms with Gasteiger partial charge in [-0.2, -0.15) is 0 Å². The fourth-order valence-electron chi connectivity index (χ4n) is 2.47. The number of amides is 1. The minimum atomic E-state index is -1.58. The quantitative estimate of drug-likeness (QED) is 0.748. The van der Waals surface area contributed by atoms with E-state index < -0.39 is 29.2 Å². The number of ether oxygens (including phenoxy) is 5. The summed E-state index contributed by atoms with van der Waals surface area (Å²) in [6.07, 6.45) is -0.850. The zero-order chi connectivity index (χ0) is 20.2. The van der Waals surface area contributed by atoms with Crippen LogP contribution in [-0.2, 0) is 29.4 Å². The molecule has 2 rings (SSSR count). The van der Waals surface area contributed by atoms with Crippen molar-refractivity contribution in [3.63, 3.8) is 0 Å². The number of ketones is 1. The van der Waals surface area contributed by atoms with Gasteiger partial charge < -0.3 is 23.7 Å². The summed E-state index contributed by atoms with van der Waals surface area (Å²) in [4.78, 5) is 36.1. The molecule has 1 aliphatic rings. The van der Waals surface area contributed by atoms with Gasteiger partial charge in [0.15, 0.2) is 5.60 Å². The molecule has 1 aromatic rings. The number of esters is 1. The van der Waals surface area contributed by atoms with Crippen LogP contribution in [-0.4, -0.2) is 38.7 Å². The highest BCUT2D eigenvalue weighted by Gasteiger charge is 2.50. The van der Waals surface area contributed by atoms with Crippen molar-refractivity contribution in [1.82, 2.24) is 5.32 Å². The Hall–Kier alpha value is -3.23. The van der Waals surface area contributed by atoms with Gasteiger partial charge >= 0.3 is 12.1 Å². The number of hydrogen-bond acceptors (Lipinski definition) is 8. The average Bonchev–Trinajstić information content (AvgIpc) is 2.86. The molecule has 0 aliphatic carbocycles. The minimum Gasteiger partial charge on any atom is -0.497 e. The highest BCUT2D eigenvalue weighted by Crippen LogP contribution is 2.41.